The van der Waals surface area contributed by atoms with Gasteiger partial charge in [-0.15, -0.1) is 0 Å². The highest BCUT2D eigenvalue weighted by Crippen LogP contribution is 1.95. The smallest absolute Gasteiger partial charge is 0.224 e. The van der Waals surface area contributed by atoms with Crippen LogP contribution in [0.1, 0.15) is 6.42 Å². The van der Waals surface area contributed by atoms with Crippen molar-refractivity contribution >= 4 is 5.91 Å². The SMILES string of the molecule is N#CCN1CCNCCC1=O. The number of amides is 1. The lowest BCUT2D eigenvalue weighted by Crippen LogP contribution is -2.32. The fourth-order valence-electron chi connectivity index (χ4n) is 1.07. The molecular weight excluding hydrogens is 142 g/mol. The molecule has 0 atom stereocenters. The molecule has 1 aliphatic rings. The first-order valence-corrected chi connectivity index (χ1v) is 3.70. The third kappa shape index (κ3) is 2.20. The highest BCUT2D eigenvalue weighted by Gasteiger charge is 2.14. The van der Waals surface area contributed by atoms with Crippen molar-refractivity contribution in [1.29, 1.82) is 5.26 Å². The van der Waals surface area contributed by atoms with Crippen LogP contribution in [-0.2, 0) is 4.79 Å². The van der Waals surface area contributed by atoms with E-state index in [1.807, 2.05) is 6.07 Å². The van der Waals surface area contributed by atoms with Gasteiger partial charge in [0, 0.05) is 26.1 Å². The van der Waals surface area contributed by atoms with E-state index in [-0.39, 0.29) is 12.5 Å². The molecule has 4 heteroatoms. The van der Waals surface area contributed by atoms with Crippen molar-refractivity contribution < 1.29 is 4.79 Å². The van der Waals surface area contributed by atoms with Crippen LogP contribution < -0.4 is 5.32 Å². The van der Waals surface area contributed by atoms with E-state index in [0.717, 1.165) is 13.1 Å². The van der Waals surface area contributed by atoms with Crippen molar-refractivity contribution in [3.8, 4) is 6.07 Å². The Morgan fingerprint density at radius 3 is 3.18 bits per heavy atom. The molecule has 0 spiro atoms. The Kier molecular flexibility index (Phi) is 2.87. The van der Waals surface area contributed by atoms with Gasteiger partial charge in [-0.2, -0.15) is 5.26 Å². The zero-order chi connectivity index (χ0) is 8.10. The second kappa shape index (κ2) is 3.94. The maximum absolute atomic E-state index is 11.1. The number of nitriles is 1. The second-order valence-electron chi connectivity index (χ2n) is 2.47. The first kappa shape index (κ1) is 8.02. The van der Waals surface area contributed by atoms with Crippen LogP contribution in [0.4, 0.5) is 0 Å². The Bertz CT molecular complexity index is 185. The van der Waals surface area contributed by atoms with E-state index in [9.17, 15) is 4.79 Å². The Hall–Kier alpha value is -1.08. The number of nitrogens with one attached hydrogen (secondary N) is 1. The van der Waals surface area contributed by atoms with Gasteiger partial charge in [0.15, 0.2) is 0 Å². The van der Waals surface area contributed by atoms with Gasteiger partial charge in [0.25, 0.3) is 0 Å². The van der Waals surface area contributed by atoms with Gasteiger partial charge in [-0.3, -0.25) is 4.79 Å². The topological polar surface area (TPSA) is 56.1 Å². The predicted molar refractivity (Wildman–Crippen MR) is 39.7 cm³/mol. The zero-order valence-electron chi connectivity index (χ0n) is 6.34. The van der Waals surface area contributed by atoms with Crippen LogP contribution in [0.3, 0.4) is 0 Å². The molecule has 0 saturated carbocycles. The van der Waals surface area contributed by atoms with Crippen LogP contribution in [0, 0.1) is 11.3 Å². The Balaban J connectivity index is 2.47. The fourth-order valence-corrected chi connectivity index (χ4v) is 1.07. The number of nitrogens with zero attached hydrogens (tertiary/aromatic N) is 2. The van der Waals surface area contributed by atoms with Crippen molar-refractivity contribution in [2.75, 3.05) is 26.2 Å². The van der Waals surface area contributed by atoms with E-state index in [2.05, 4.69) is 5.32 Å². The maximum atomic E-state index is 11.1. The predicted octanol–water partition coefficient (Wildman–Crippen LogP) is -0.668. The van der Waals surface area contributed by atoms with Gasteiger partial charge in [-0.1, -0.05) is 0 Å². The van der Waals surface area contributed by atoms with E-state index in [0.29, 0.717) is 13.0 Å². The molecule has 1 heterocycles. The molecular formula is C7H11N3O. The van der Waals surface area contributed by atoms with E-state index in [1.165, 1.54) is 0 Å². The largest absolute Gasteiger partial charge is 0.328 e. The van der Waals surface area contributed by atoms with E-state index >= 15 is 0 Å². The molecule has 4 nitrogen and oxygen atoms in total. The van der Waals surface area contributed by atoms with Crippen molar-refractivity contribution in [3.05, 3.63) is 0 Å². The normalized spacial score (nSPS) is 19.2. The summed E-state index contributed by atoms with van der Waals surface area (Å²) in [6.07, 6.45) is 0.516. The van der Waals surface area contributed by atoms with Crippen LogP contribution in [0.15, 0.2) is 0 Å². The monoisotopic (exact) mass is 153 g/mol. The minimum Gasteiger partial charge on any atom is -0.328 e. The number of rotatable bonds is 1. The molecule has 0 radical (unpaired) electrons. The molecule has 0 bridgehead atoms. The summed E-state index contributed by atoms with van der Waals surface area (Å²) < 4.78 is 0. The highest BCUT2D eigenvalue weighted by molar-refractivity contribution is 5.76. The summed E-state index contributed by atoms with van der Waals surface area (Å²) >= 11 is 0. The van der Waals surface area contributed by atoms with Crippen LogP contribution in [0.25, 0.3) is 0 Å². The van der Waals surface area contributed by atoms with Gasteiger partial charge in [-0.25, -0.2) is 0 Å². The molecule has 1 N–H and O–H groups in total. The van der Waals surface area contributed by atoms with Crippen molar-refractivity contribution in [1.82, 2.24) is 10.2 Å². The third-order valence-corrected chi connectivity index (χ3v) is 1.69. The van der Waals surface area contributed by atoms with Crippen molar-refractivity contribution in [2.24, 2.45) is 0 Å². The number of hydrogen-bond acceptors (Lipinski definition) is 3. The van der Waals surface area contributed by atoms with Gasteiger partial charge >= 0.3 is 0 Å². The Morgan fingerprint density at radius 2 is 2.45 bits per heavy atom. The molecule has 1 fully saturated rings. The van der Waals surface area contributed by atoms with E-state index in [4.69, 9.17) is 5.26 Å². The van der Waals surface area contributed by atoms with Crippen LogP contribution in [0.5, 0.6) is 0 Å². The van der Waals surface area contributed by atoms with Gasteiger partial charge in [0.2, 0.25) is 5.91 Å². The molecule has 1 amide bonds. The molecule has 0 aliphatic carbocycles. The molecule has 1 aliphatic heterocycles. The second-order valence-corrected chi connectivity index (χ2v) is 2.47. The minimum atomic E-state index is 0.0801. The molecule has 1 saturated heterocycles. The first-order chi connectivity index (χ1) is 5.34. The average molecular weight is 153 g/mol. The number of carbonyl (C=O) groups is 1. The third-order valence-electron chi connectivity index (χ3n) is 1.69. The van der Waals surface area contributed by atoms with Crippen LogP contribution >= 0.6 is 0 Å². The summed E-state index contributed by atoms with van der Waals surface area (Å²) in [5.41, 5.74) is 0. The van der Waals surface area contributed by atoms with E-state index < -0.39 is 0 Å². The molecule has 0 unspecified atom stereocenters. The van der Waals surface area contributed by atoms with Gasteiger partial charge < -0.3 is 10.2 Å². The lowest BCUT2D eigenvalue weighted by Gasteiger charge is -2.15. The minimum absolute atomic E-state index is 0.0801. The maximum Gasteiger partial charge on any atom is 0.224 e. The Labute approximate surface area is 65.8 Å². The summed E-state index contributed by atoms with van der Waals surface area (Å²) in [4.78, 5) is 12.7. The van der Waals surface area contributed by atoms with Crippen LogP contribution in [0.2, 0.25) is 0 Å². The lowest BCUT2D eigenvalue weighted by molar-refractivity contribution is -0.129. The van der Waals surface area contributed by atoms with E-state index in [1.54, 1.807) is 4.90 Å². The molecule has 0 aromatic rings. The summed E-state index contributed by atoms with van der Waals surface area (Å²) in [6.45, 7) is 2.42. The highest BCUT2D eigenvalue weighted by atomic mass is 16.2. The van der Waals surface area contributed by atoms with Crippen molar-refractivity contribution in [3.63, 3.8) is 0 Å². The Morgan fingerprint density at radius 1 is 1.64 bits per heavy atom. The zero-order valence-corrected chi connectivity index (χ0v) is 6.34. The summed E-state index contributed by atoms with van der Waals surface area (Å²) in [6, 6.07) is 1.97. The summed E-state index contributed by atoms with van der Waals surface area (Å²) in [7, 11) is 0. The molecule has 11 heavy (non-hydrogen) atoms. The lowest BCUT2D eigenvalue weighted by atomic mass is 10.4. The molecule has 1 rings (SSSR count). The quantitative estimate of drug-likeness (QED) is 0.508. The molecule has 0 aromatic heterocycles. The fraction of sp³-hybridized carbons (Fsp3) is 0.714. The van der Waals surface area contributed by atoms with Gasteiger partial charge in [-0.05, 0) is 0 Å². The molecule has 60 valence electrons. The molecule has 0 aromatic carbocycles. The standard InChI is InChI=1S/C7H11N3O/c8-2-5-10-6-4-9-3-1-7(10)11/h9H,1,3-6H2. The van der Waals surface area contributed by atoms with Crippen LogP contribution in [-0.4, -0.2) is 37.0 Å². The summed E-state index contributed by atoms with van der Waals surface area (Å²) in [5.74, 6) is 0.0801. The van der Waals surface area contributed by atoms with Gasteiger partial charge in [0.1, 0.15) is 6.54 Å². The first-order valence-electron chi connectivity index (χ1n) is 3.70. The van der Waals surface area contributed by atoms with Crippen molar-refractivity contribution in [2.45, 2.75) is 6.42 Å². The summed E-state index contributed by atoms with van der Waals surface area (Å²) in [5, 5.41) is 11.5. The number of hydrogen-bond donors (Lipinski definition) is 1. The van der Waals surface area contributed by atoms with Gasteiger partial charge in [0.05, 0.1) is 6.07 Å². The number of carbonyl (C=O) groups excluding carboxylic acids is 1. The average Bonchev–Trinajstić information content (AvgIpc) is 2.18.